The first-order valence-corrected chi connectivity index (χ1v) is 7.65. The molecule has 1 atom stereocenters. The molecule has 1 aliphatic rings. The van der Waals surface area contributed by atoms with Crippen molar-refractivity contribution in [2.24, 2.45) is 0 Å². The molecule has 1 unspecified atom stereocenters. The van der Waals surface area contributed by atoms with Crippen molar-refractivity contribution in [2.45, 2.75) is 13.0 Å². The van der Waals surface area contributed by atoms with Gasteiger partial charge in [-0.1, -0.05) is 42.1 Å². The molecule has 1 aliphatic heterocycles. The van der Waals surface area contributed by atoms with Crippen LogP contribution < -0.4 is 0 Å². The maximum absolute atomic E-state index is 11.9. The second-order valence-electron chi connectivity index (χ2n) is 4.45. The number of aliphatic hydroxyl groups excluding tert-OH is 1. The van der Waals surface area contributed by atoms with Gasteiger partial charge in [0.1, 0.15) is 0 Å². The first-order valence-electron chi connectivity index (χ1n) is 6.66. The molecular formula is C15H17NO4S. The van der Waals surface area contributed by atoms with E-state index in [2.05, 4.69) is 0 Å². The predicted molar refractivity (Wildman–Crippen MR) is 80.3 cm³/mol. The van der Waals surface area contributed by atoms with E-state index >= 15 is 0 Å². The number of carbonyl (C=O) groups is 2. The average Bonchev–Trinajstić information content (AvgIpc) is 2.81. The molecule has 0 saturated carbocycles. The number of esters is 1. The molecule has 0 spiro atoms. The Labute approximate surface area is 127 Å². The molecule has 0 radical (unpaired) electrons. The lowest BCUT2D eigenvalue weighted by molar-refractivity contribution is -0.137. The first kappa shape index (κ1) is 15.6. The third kappa shape index (κ3) is 4.09. The number of aliphatic hydroxyl groups is 1. The summed E-state index contributed by atoms with van der Waals surface area (Å²) in [5, 5.41) is 10.7. The predicted octanol–water partition coefficient (Wildman–Crippen LogP) is 1.70. The Morgan fingerprint density at radius 1 is 1.48 bits per heavy atom. The number of amides is 1. The van der Waals surface area contributed by atoms with Crippen molar-refractivity contribution in [3.05, 3.63) is 47.0 Å². The zero-order valence-corrected chi connectivity index (χ0v) is 12.5. The molecular weight excluding hydrogens is 290 g/mol. The fourth-order valence-corrected chi connectivity index (χ4v) is 2.90. The maximum Gasteiger partial charge on any atom is 0.333 e. The maximum atomic E-state index is 11.9. The normalized spacial score (nSPS) is 18.1. The number of hydrogen-bond acceptors (Lipinski definition) is 5. The topological polar surface area (TPSA) is 66.8 Å². The quantitative estimate of drug-likeness (QED) is 0.662. The Bertz CT molecular complexity index is 544. The third-order valence-electron chi connectivity index (χ3n) is 2.98. The number of benzene rings is 1. The summed E-state index contributed by atoms with van der Waals surface area (Å²) in [5.74, 6) is -0.327. The smallest absolute Gasteiger partial charge is 0.333 e. The average molecular weight is 307 g/mol. The van der Waals surface area contributed by atoms with Crippen molar-refractivity contribution in [3.8, 4) is 0 Å². The van der Waals surface area contributed by atoms with Gasteiger partial charge in [-0.3, -0.25) is 4.79 Å². The zero-order chi connectivity index (χ0) is 15.2. The van der Waals surface area contributed by atoms with Crippen molar-refractivity contribution in [1.82, 2.24) is 4.90 Å². The van der Waals surface area contributed by atoms with Gasteiger partial charge in [-0.25, -0.2) is 4.79 Å². The van der Waals surface area contributed by atoms with E-state index in [1.807, 2.05) is 18.2 Å². The van der Waals surface area contributed by atoms with E-state index < -0.39 is 12.1 Å². The highest BCUT2D eigenvalue weighted by Crippen LogP contribution is 2.30. The summed E-state index contributed by atoms with van der Waals surface area (Å²) in [4.78, 5) is 24.8. The molecule has 0 aromatic heterocycles. The van der Waals surface area contributed by atoms with Crippen LogP contribution in [0.25, 0.3) is 0 Å². The van der Waals surface area contributed by atoms with Crippen molar-refractivity contribution >= 4 is 23.6 Å². The molecule has 1 aromatic carbocycles. The standard InChI is InChI=1S/C15H17NO4S/c1-2-20-15(19)8-14-16(13(18)10-21-14)9-12(17)11-6-4-3-5-7-11/h3-8,12,17H,2,9-10H2,1H3/b14-8+. The summed E-state index contributed by atoms with van der Waals surface area (Å²) in [6.45, 7) is 2.13. The van der Waals surface area contributed by atoms with E-state index in [1.165, 1.54) is 22.7 Å². The summed E-state index contributed by atoms with van der Waals surface area (Å²) < 4.78 is 4.85. The van der Waals surface area contributed by atoms with Crippen LogP contribution in [0.3, 0.4) is 0 Å². The molecule has 1 heterocycles. The van der Waals surface area contributed by atoms with Crippen LogP contribution in [0.2, 0.25) is 0 Å². The SMILES string of the molecule is CCOC(=O)/C=C1/SCC(=O)N1CC(O)c1ccccc1. The lowest BCUT2D eigenvalue weighted by Gasteiger charge is -2.21. The van der Waals surface area contributed by atoms with Crippen molar-refractivity contribution in [1.29, 1.82) is 0 Å². The molecule has 1 fully saturated rings. The van der Waals surface area contributed by atoms with Gasteiger partial charge in [-0.2, -0.15) is 0 Å². The van der Waals surface area contributed by atoms with E-state index in [1.54, 1.807) is 19.1 Å². The number of ether oxygens (including phenoxy) is 1. The minimum Gasteiger partial charge on any atom is -0.463 e. The van der Waals surface area contributed by atoms with Gasteiger partial charge >= 0.3 is 5.97 Å². The van der Waals surface area contributed by atoms with Gasteiger partial charge in [-0.15, -0.1) is 0 Å². The summed E-state index contributed by atoms with van der Waals surface area (Å²) >= 11 is 1.28. The number of β-amino-alcohol motifs (C(OH)–C–C–N with tert-alkyl or cyclic N) is 1. The number of nitrogens with zero attached hydrogens (tertiary/aromatic N) is 1. The monoisotopic (exact) mass is 307 g/mol. The van der Waals surface area contributed by atoms with Crippen LogP contribution in [-0.4, -0.2) is 40.8 Å². The highest BCUT2D eigenvalue weighted by Gasteiger charge is 2.29. The second-order valence-corrected chi connectivity index (χ2v) is 5.45. The summed E-state index contributed by atoms with van der Waals surface area (Å²) in [5.41, 5.74) is 0.734. The highest BCUT2D eigenvalue weighted by molar-refractivity contribution is 8.04. The van der Waals surface area contributed by atoms with Gasteiger partial charge in [0.2, 0.25) is 5.91 Å². The second kappa shape index (κ2) is 7.28. The fraction of sp³-hybridized carbons (Fsp3) is 0.333. The molecule has 0 bridgehead atoms. The van der Waals surface area contributed by atoms with Crippen LogP contribution in [0.1, 0.15) is 18.6 Å². The Hall–Kier alpha value is -1.79. The highest BCUT2D eigenvalue weighted by atomic mass is 32.2. The van der Waals surface area contributed by atoms with Gasteiger partial charge in [0.15, 0.2) is 0 Å². The van der Waals surface area contributed by atoms with Crippen LogP contribution in [0.4, 0.5) is 0 Å². The van der Waals surface area contributed by atoms with Crippen molar-refractivity contribution in [2.75, 3.05) is 18.9 Å². The summed E-state index contributed by atoms with van der Waals surface area (Å²) in [7, 11) is 0. The molecule has 1 amide bonds. The third-order valence-corrected chi connectivity index (χ3v) is 4.00. The number of hydrogen-bond donors (Lipinski definition) is 1. The molecule has 0 aliphatic carbocycles. The molecule has 1 aromatic rings. The molecule has 1 saturated heterocycles. The summed E-state index contributed by atoms with van der Waals surface area (Å²) in [6.07, 6.45) is 0.510. The molecule has 2 rings (SSSR count). The van der Waals surface area contributed by atoms with E-state index in [9.17, 15) is 14.7 Å². The number of rotatable bonds is 5. The Morgan fingerprint density at radius 2 is 2.19 bits per heavy atom. The van der Waals surface area contributed by atoms with Gasteiger partial charge in [0.25, 0.3) is 0 Å². The molecule has 1 N–H and O–H groups in total. The van der Waals surface area contributed by atoms with E-state index in [4.69, 9.17) is 4.74 Å². The van der Waals surface area contributed by atoms with Crippen LogP contribution in [0.15, 0.2) is 41.4 Å². The number of carbonyl (C=O) groups excluding carboxylic acids is 2. The first-order chi connectivity index (χ1) is 10.1. The van der Waals surface area contributed by atoms with E-state index in [0.29, 0.717) is 5.03 Å². The van der Waals surface area contributed by atoms with E-state index in [0.717, 1.165) is 5.56 Å². The largest absolute Gasteiger partial charge is 0.463 e. The minimum absolute atomic E-state index is 0.120. The fourth-order valence-electron chi connectivity index (χ4n) is 1.96. The Morgan fingerprint density at radius 3 is 2.86 bits per heavy atom. The van der Waals surface area contributed by atoms with E-state index in [-0.39, 0.29) is 24.8 Å². The lowest BCUT2D eigenvalue weighted by Crippen LogP contribution is -2.29. The molecule has 21 heavy (non-hydrogen) atoms. The van der Waals surface area contributed by atoms with Crippen LogP contribution >= 0.6 is 11.8 Å². The van der Waals surface area contributed by atoms with Crippen molar-refractivity contribution < 1.29 is 19.4 Å². The van der Waals surface area contributed by atoms with Gasteiger partial charge in [-0.05, 0) is 12.5 Å². The van der Waals surface area contributed by atoms with Gasteiger partial charge in [0.05, 0.1) is 36.1 Å². The molecule has 5 nitrogen and oxygen atoms in total. The van der Waals surface area contributed by atoms with Crippen LogP contribution in [-0.2, 0) is 14.3 Å². The molecule has 6 heteroatoms. The lowest BCUT2D eigenvalue weighted by atomic mass is 10.1. The number of thioether (sulfide) groups is 1. The van der Waals surface area contributed by atoms with Crippen molar-refractivity contribution in [3.63, 3.8) is 0 Å². The Balaban J connectivity index is 2.09. The van der Waals surface area contributed by atoms with Gasteiger partial charge < -0.3 is 14.7 Å². The zero-order valence-electron chi connectivity index (χ0n) is 11.7. The van der Waals surface area contributed by atoms with Gasteiger partial charge in [0, 0.05) is 0 Å². The molecule has 112 valence electrons. The van der Waals surface area contributed by atoms with Crippen LogP contribution in [0.5, 0.6) is 0 Å². The minimum atomic E-state index is -0.792. The Kier molecular flexibility index (Phi) is 5.41. The van der Waals surface area contributed by atoms with Crippen LogP contribution in [0, 0.1) is 0 Å². The summed E-state index contributed by atoms with van der Waals surface area (Å²) in [6, 6.07) is 9.11.